The predicted molar refractivity (Wildman–Crippen MR) is 114 cm³/mol. The Morgan fingerprint density at radius 2 is 2.00 bits per heavy atom. The molecule has 32 heavy (non-hydrogen) atoms. The Kier molecular flexibility index (Phi) is 5.90. The summed E-state index contributed by atoms with van der Waals surface area (Å²) in [5, 5.41) is 7.60. The highest BCUT2D eigenvalue weighted by Crippen LogP contribution is 2.29. The van der Waals surface area contributed by atoms with Crippen molar-refractivity contribution in [2.75, 3.05) is 42.5 Å². The number of carbonyl (C=O) groups is 2. The van der Waals surface area contributed by atoms with Gasteiger partial charge in [-0.05, 0) is 39.0 Å². The molecule has 2 aliphatic rings. The van der Waals surface area contributed by atoms with E-state index in [2.05, 4.69) is 10.3 Å². The molecular weight excluding hydrogens is 419 g/mol. The van der Waals surface area contributed by atoms with Crippen LogP contribution in [0.25, 0.3) is 0 Å². The Bertz CT molecular complexity index is 969. The smallest absolute Gasteiger partial charge is 0.414 e. The number of nitrogens with zero attached hydrogens (tertiary/aromatic N) is 6. The van der Waals surface area contributed by atoms with Gasteiger partial charge in [0.15, 0.2) is 0 Å². The average molecular weight is 446 g/mol. The highest BCUT2D eigenvalue weighted by atomic mass is 19.1. The van der Waals surface area contributed by atoms with Crippen LogP contribution < -0.4 is 9.80 Å². The number of hydrogen-bond donors (Lipinski definition) is 0. The molecule has 0 bridgehead atoms. The number of cyclic esters (lactones) is 1. The van der Waals surface area contributed by atoms with Gasteiger partial charge in [-0.15, -0.1) is 5.10 Å². The summed E-state index contributed by atoms with van der Waals surface area (Å²) in [4.78, 5) is 29.4. The number of amides is 2. The van der Waals surface area contributed by atoms with Crippen molar-refractivity contribution in [3.8, 4) is 0 Å². The topological polar surface area (TPSA) is 93.0 Å². The van der Waals surface area contributed by atoms with E-state index in [1.54, 1.807) is 34.1 Å². The van der Waals surface area contributed by atoms with E-state index in [9.17, 15) is 14.0 Å². The van der Waals surface area contributed by atoms with Crippen LogP contribution in [0.1, 0.15) is 20.8 Å². The van der Waals surface area contributed by atoms with E-state index in [4.69, 9.17) is 9.47 Å². The molecule has 2 saturated heterocycles. The van der Waals surface area contributed by atoms with Crippen LogP contribution in [0.5, 0.6) is 0 Å². The predicted octanol–water partition coefficient (Wildman–Crippen LogP) is 2.50. The van der Waals surface area contributed by atoms with Gasteiger partial charge < -0.3 is 19.3 Å². The molecule has 0 N–H and O–H groups in total. The zero-order chi connectivity index (χ0) is 22.9. The van der Waals surface area contributed by atoms with Crippen molar-refractivity contribution < 1.29 is 23.5 Å². The van der Waals surface area contributed by atoms with Crippen LogP contribution >= 0.6 is 0 Å². The lowest BCUT2D eigenvalue weighted by atomic mass is 10.2. The van der Waals surface area contributed by atoms with Crippen molar-refractivity contribution in [3.05, 3.63) is 36.4 Å². The van der Waals surface area contributed by atoms with Crippen LogP contribution in [0.4, 0.5) is 25.4 Å². The van der Waals surface area contributed by atoms with Crippen LogP contribution in [0.15, 0.2) is 30.6 Å². The van der Waals surface area contributed by atoms with Crippen LogP contribution in [-0.2, 0) is 16.0 Å². The number of ether oxygens (including phenoxy) is 2. The molecule has 1 atom stereocenters. The molecule has 0 saturated carbocycles. The molecule has 2 fully saturated rings. The number of anilines is 2. The standard InChI is InChI=1S/C21H27FN6O4/c1-21(2,3)32-19(29)26-10-8-25(9-11-26)18-5-4-15(12-17(18)22)28-14-16(31-20(28)30)13-27-7-6-23-24-27/h4-7,12,16H,8-11,13-14H2,1-3H3/t16-/m0/s1. The molecule has 1 aromatic carbocycles. The fourth-order valence-electron chi connectivity index (χ4n) is 3.74. The Labute approximate surface area is 185 Å². The number of aromatic nitrogens is 3. The first-order valence-electron chi connectivity index (χ1n) is 10.5. The third kappa shape index (κ3) is 4.92. The van der Waals surface area contributed by atoms with Gasteiger partial charge in [-0.3, -0.25) is 4.90 Å². The third-order valence-electron chi connectivity index (χ3n) is 5.25. The molecule has 0 unspecified atom stereocenters. The summed E-state index contributed by atoms with van der Waals surface area (Å²) in [5.74, 6) is -0.430. The quantitative estimate of drug-likeness (QED) is 0.712. The van der Waals surface area contributed by atoms with E-state index in [1.807, 2.05) is 25.7 Å². The van der Waals surface area contributed by atoms with Gasteiger partial charge in [-0.1, -0.05) is 5.21 Å². The zero-order valence-corrected chi connectivity index (χ0v) is 18.4. The maximum absolute atomic E-state index is 14.9. The molecular formula is C21H27FN6O4. The Morgan fingerprint density at radius 3 is 2.62 bits per heavy atom. The lowest BCUT2D eigenvalue weighted by Crippen LogP contribution is -2.50. The van der Waals surface area contributed by atoms with Gasteiger partial charge in [-0.2, -0.15) is 0 Å². The molecule has 11 heteroatoms. The van der Waals surface area contributed by atoms with Gasteiger partial charge in [0, 0.05) is 32.4 Å². The fourth-order valence-corrected chi connectivity index (χ4v) is 3.74. The summed E-state index contributed by atoms with van der Waals surface area (Å²) in [6.07, 6.45) is 1.96. The maximum atomic E-state index is 14.9. The number of halogens is 1. The zero-order valence-electron chi connectivity index (χ0n) is 18.4. The van der Waals surface area contributed by atoms with Crippen molar-refractivity contribution in [2.45, 2.75) is 39.0 Å². The number of piperazine rings is 1. The minimum absolute atomic E-state index is 0.298. The Balaban J connectivity index is 1.37. The van der Waals surface area contributed by atoms with Gasteiger partial charge in [0.05, 0.1) is 30.7 Å². The third-order valence-corrected chi connectivity index (χ3v) is 5.25. The van der Waals surface area contributed by atoms with Crippen molar-refractivity contribution in [1.29, 1.82) is 0 Å². The van der Waals surface area contributed by atoms with E-state index in [0.29, 0.717) is 50.6 Å². The molecule has 1 aromatic heterocycles. The second-order valence-electron chi connectivity index (χ2n) is 8.83. The molecule has 3 heterocycles. The van der Waals surface area contributed by atoms with Gasteiger partial charge in [-0.25, -0.2) is 18.7 Å². The number of rotatable bonds is 4. The minimum Gasteiger partial charge on any atom is -0.444 e. The summed E-state index contributed by atoms with van der Waals surface area (Å²) >= 11 is 0. The van der Waals surface area contributed by atoms with Gasteiger partial charge >= 0.3 is 12.2 Å². The second-order valence-corrected chi connectivity index (χ2v) is 8.83. The molecule has 2 aliphatic heterocycles. The van der Waals surface area contributed by atoms with Crippen LogP contribution in [0, 0.1) is 5.82 Å². The maximum Gasteiger partial charge on any atom is 0.414 e. The summed E-state index contributed by atoms with van der Waals surface area (Å²) in [6.45, 7) is 8.01. The first-order chi connectivity index (χ1) is 15.2. The van der Waals surface area contributed by atoms with E-state index >= 15 is 0 Å². The highest BCUT2D eigenvalue weighted by molar-refractivity contribution is 5.90. The average Bonchev–Trinajstić information content (AvgIpc) is 3.36. The Morgan fingerprint density at radius 1 is 1.25 bits per heavy atom. The molecule has 2 amide bonds. The second kappa shape index (κ2) is 8.64. The van der Waals surface area contributed by atoms with Crippen molar-refractivity contribution in [3.63, 3.8) is 0 Å². The van der Waals surface area contributed by atoms with Crippen LogP contribution in [0.2, 0.25) is 0 Å². The van der Waals surface area contributed by atoms with E-state index < -0.39 is 23.6 Å². The van der Waals surface area contributed by atoms with Crippen LogP contribution in [0.3, 0.4) is 0 Å². The molecule has 0 radical (unpaired) electrons. The van der Waals surface area contributed by atoms with Crippen molar-refractivity contribution >= 4 is 23.6 Å². The summed E-state index contributed by atoms with van der Waals surface area (Å²) in [7, 11) is 0. The molecule has 0 spiro atoms. The number of hydrogen-bond acceptors (Lipinski definition) is 7. The first kappa shape index (κ1) is 21.8. The largest absolute Gasteiger partial charge is 0.444 e. The lowest BCUT2D eigenvalue weighted by Gasteiger charge is -2.37. The summed E-state index contributed by atoms with van der Waals surface area (Å²) in [5.41, 5.74) is 0.315. The molecule has 0 aliphatic carbocycles. The van der Waals surface area contributed by atoms with Gasteiger partial charge in [0.25, 0.3) is 0 Å². The SMILES string of the molecule is CC(C)(C)OC(=O)N1CCN(c2ccc(N3C[C@H](Cn4ccnn4)OC3=O)cc2F)CC1. The highest BCUT2D eigenvalue weighted by Gasteiger charge is 2.33. The normalized spacial score (nSPS) is 19.3. The van der Waals surface area contributed by atoms with Crippen molar-refractivity contribution in [1.82, 2.24) is 19.9 Å². The minimum atomic E-state index is -0.554. The van der Waals surface area contributed by atoms with E-state index in [1.165, 1.54) is 11.0 Å². The summed E-state index contributed by atoms with van der Waals surface area (Å²) in [6, 6.07) is 4.71. The first-order valence-corrected chi connectivity index (χ1v) is 10.5. The van der Waals surface area contributed by atoms with Crippen LogP contribution in [-0.4, -0.2) is 76.5 Å². The van der Waals surface area contributed by atoms with Gasteiger partial charge in [0.1, 0.15) is 17.5 Å². The number of benzene rings is 1. The fraction of sp³-hybridized carbons (Fsp3) is 0.524. The molecule has 4 rings (SSSR count). The van der Waals surface area contributed by atoms with Gasteiger partial charge in [0.2, 0.25) is 0 Å². The summed E-state index contributed by atoms with van der Waals surface area (Å²) < 4.78 is 27.3. The lowest BCUT2D eigenvalue weighted by molar-refractivity contribution is 0.0240. The van der Waals surface area contributed by atoms with E-state index in [-0.39, 0.29) is 6.09 Å². The number of carbonyl (C=O) groups excluding carboxylic acids is 2. The van der Waals surface area contributed by atoms with Crippen molar-refractivity contribution in [2.24, 2.45) is 0 Å². The monoisotopic (exact) mass is 446 g/mol. The Hall–Kier alpha value is -3.37. The molecule has 10 nitrogen and oxygen atoms in total. The molecule has 2 aromatic rings. The molecule has 172 valence electrons. The van der Waals surface area contributed by atoms with E-state index in [0.717, 1.165) is 0 Å².